The molecular weight excluding hydrogens is 294 g/mol. The fourth-order valence-electron chi connectivity index (χ4n) is 3.05. The summed E-state index contributed by atoms with van der Waals surface area (Å²) in [5, 5.41) is 2.95. The number of piperidine rings is 1. The summed E-state index contributed by atoms with van der Waals surface area (Å²) in [7, 11) is 0. The standard InChI is InChI=1S/C18H17NO2S/c20-18-15(17-5-4-10-22-17)11-13-6-7-14(12-16(13)21-18)19-8-2-1-3-9-19/h4-7,10-12H,1-3,8-9H2. The molecule has 0 unspecified atom stereocenters. The summed E-state index contributed by atoms with van der Waals surface area (Å²) in [6.45, 7) is 2.17. The molecule has 0 amide bonds. The van der Waals surface area contributed by atoms with Crippen molar-refractivity contribution in [3.63, 3.8) is 0 Å². The molecule has 3 heterocycles. The van der Waals surface area contributed by atoms with Crippen molar-refractivity contribution in [3.8, 4) is 10.4 Å². The van der Waals surface area contributed by atoms with Gasteiger partial charge < -0.3 is 9.32 Å². The van der Waals surface area contributed by atoms with Crippen molar-refractivity contribution < 1.29 is 4.42 Å². The second-order valence-corrected chi connectivity index (χ2v) is 6.64. The van der Waals surface area contributed by atoms with Crippen LogP contribution >= 0.6 is 11.3 Å². The summed E-state index contributed by atoms with van der Waals surface area (Å²) < 4.78 is 5.57. The number of nitrogens with zero attached hydrogens (tertiary/aromatic N) is 1. The molecule has 0 atom stereocenters. The maximum Gasteiger partial charge on any atom is 0.345 e. The molecule has 1 aliphatic heterocycles. The highest BCUT2D eigenvalue weighted by atomic mass is 32.1. The SMILES string of the molecule is O=c1oc2cc(N3CCCCC3)ccc2cc1-c1cccs1. The molecule has 0 spiro atoms. The van der Waals surface area contributed by atoms with Gasteiger partial charge in [-0.25, -0.2) is 4.79 Å². The highest BCUT2D eigenvalue weighted by Crippen LogP contribution is 2.28. The highest BCUT2D eigenvalue weighted by molar-refractivity contribution is 7.13. The summed E-state index contributed by atoms with van der Waals surface area (Å²) >= 11 is 1.56. The van der Waals surface area contributed by atoms with Crippen LogP contribution in [0.15, 0.2) is 51.0 Å². The van der Waals surface area contributed by atoms with E-state index >= 15 is 0 Å². The summed E-state index contributed by atoms with van der Waals surface area (Å²) in [4.78, 5) is 15.6. The molecule has 3 aromatic rings. The lowest BCUT2D eigenvalue weighted by atomic mass is 10.1. The van der Waals surface area contributed by atoms with E-state index in [9.17, 15) is 4.79 Å². The van der Waals surface area contributed by atoms with E-state index in [-0.39, 0.29) is 5.63 Å². The van der Waals surface area contributed by atoms with Crippen molar-refractivity contribution in [3.05, 3.63) is 52.2 Å². The lowest BCUT2D eigenvalue weighted by Gasteiger charge is -2.28. The van der Waals surface area contributed by atoms with Crippen LogP contribution in [0.2, 0.25) is 0 Å². The van der Waals surface area contributed by atoms with Crippen LogP contribution < -0.4 is 10.5 Å². The van der Waals surface area contributed by atoms with Crippen molar-refractivity contribution in [2.45, 2.75) is 19.3 Å². The van der Waals surface area contributed by atoms with E-state index in [1.54, 1.807) is 11.3 Å². The van der Waals surface area contributed by atoms with Gasteiger partial charge in [-0.15, -0.1) is 11.3 Å². The first-order valence-corrected chi connectivity index (χ1v) is 8.56. The Kier molecular flexibility index (Phi) is 3.47. The lowest BCUT2D eigenvalue weighted by molar-refractivity contribution is 0.560. The first-order valence-electron chi connectivity index (χ1n) is 7.68. The fourth-order valence-corrected chi connectivity index (χ4v) is 3.78. The van der Waals surface area contributed by atoms with Gasteiger partial charge in [0.1, 0.15) is 5.58 Å². The monoisotopic (exact) mass is 311 g/mol. The summed E-state index contributed by atoms with van der Waals surface area (Å²) in [5.41, 5.74) is 2.21. The van der Waals surface area contributed by atoms with Crippen LogP contribution in [0.4, 0.5) is 5.69 Å². The van der Waals surface area contributed by atoms with Crippen LogP contribution in [0.1, 0.15) is 19.3 Å². The van der Waals surface area contributed by atoms with E-state index in [1.807, 2.05) is 29.6 Å². The first-order chi connectivity index (χ1) is 10.8. The molecule has 0 radical (unpaired) electrons. The van der Waals surface area contributed by atoms with Crippen molar-refractivity contribution >= 4 is 28.0 Å². The van der Waals surface area contributed by atoms with Crippen LogP contribution in [0.25, 0.3) is 21.4 Å². The zero-order valence-electron chi connectivity index (χ0n) is 12.2. The van der Waals surface area contributed by atoms with Gasteiger partial charge in [0, 0.05) is 35.1 Å². The van der Waals surface area contributed by atoms with Gasteiger partial charge >= 0.3 is 5.63 Å². The summed E-state index contributed by atoms with van der Waals surface area (Å²) in [6.07, 6.45) is 3.78. The summed E-state index contributed by atoms with van der Waals surface area (Å²) in [6, 6.07) is 12.0. The molecule has 4 rings (SSSR count). The van der Waals surface area contributed by atoms with Crippen LogP contribution in [0.5, 0.6) is 0 Å². The molecule has 1 aliphatic rings. The van der Waals surface area contributed by atoms with Gasteiger partial charge in [-0.1, -0.05) is 6.07 Å². The second kappa shape index (κ2) is 5.61. The predicted molar refractivity (Wildman–Crippen MR) is 91.9 cm³/mol. The third kappa shape index (κ3) is 2.44. The normalized spacial score (nSPS) is 15.4. The van der Waals surface area contributed by atoms with E-state index in [0.29, 0.717) is 11.1 Å². The van der Waals surface area contributed by atoms with Crippen LogP contribution in [0, 0.1) is 0 Å². The van der Waals surface area contributed by atoms with Crippen molar-refractivity contribution in [2.24, 2.45) is 0 Å². The van der Waals surface area contributed by atoms with Gasteiger partial charge in [-0.2, -0.15) is 0 Å². The third-order valence-electron chi connectivity index (χ3n) is 4.23. The Morgan fingerprint density at radius 2 is 1.91 bits per heavy atom. The van der Waals surface area contributed by atoms with E-state index in [2.05, 4.69) is 17.0 Å². The smallest absolute Gasteiger partial charge is 0.345 e. The quantitative estimate of drug-likeness (QED) is 0.653. The first kappa shape index (κ1) is 13.6. The van der Waals surface area contributed by atoms with Crippen molar-refractivity contribution in [1.82, 2.24) is 0 Å². The molecule has 0 bridgehead atoms. The number of fused-ring (bicyclic) bond motifs is 1. The number of benzene rings is 1. The van der Waals surface area contributed by atoms with E-state index in [4.69, 9.17) is 4.42 Å². The Labute approximate surface area is 132 Å². The van der Waals surface area contributed by atoms with Crippen LogP contribution in [-0.2, 0) is 0 Å². The number of hydrogen-bond acceptors (Lipinski definition) is 4. The van der Waals surface area contributed by atoms with E-state index in [1.165, 1.54) is 19.3 Å². The molecule has 3 nitrogen and oxygen atoms in total. The molecule has 0 N–H and O–H groups in total. The average molecular weight is 311 g/mol. The number of rotatable bonds is 2. The van der Waals surface area contributed by atoms with Gasteiger partial charge in [-0.05, 0) is 48.9 Å². The topological polar surface area (TPSA) is 33.5 Å². The molecule has 1 saturated heterocycles. The largest absolute Gasteiger partial charge is 0.422 e. The molecular formula is C18H17NO2S. The zero-order chi connectivity index (χ0) is 14.9. The van der Waals surface area contributed by atoms with Crippen molar-refractivity contribution in [2.75, 3.05) is 18.0 Å². The summed E-state index contributed by atoms with van der Waals surface area (Å²) in [5.74, 6) is 0. The highest BCUT2D eigenvalue weighted by Gasteiger charge is 2.13. The molecule has 112 valence electrons. The minimum atomic E-state index is -0.259. The van der Waals surface area contributed by atoms with E-state index in [0.717, 1.165) is 29.0 Å². The minimum Gasteiger partial charge on any atom is -0.422 e. The number of thiophene rings is 1. The molecule has 4 heteroatoms. The molecule has 1 aromatic carbocycles. The Balaban J connectivity index is 1.78. The average Bonchev–Trinajstić information content (AvgIpc) is 3.09. The zero-order valence-corrected chi connectivity index (χ0v) is 13.1. The molecule has 2 aromatic heterocycles. The van der Waals surface area contributed by atoms with Crippen LogP contribution in [0.3, 0.4) is 0 Å². The third-order valence-corrected chi connectivity index (χ3v) is 5.13. The van der Waals surface area contributed by atoms with Gasteiger partial charge in [0.2, 0.25) is 0 Å². The maximum absolute atomic E-state index is 12.2. The van der Waals surface area contributed by atoms with E-state index < -0.39 is 0 Å². The Bertz CT molecular complexity index is 845. The van der Waals surface area contributed by atoms with Crippen LogP contribution in [-0.4, -0.2) is 13.1 Å². The predicted octanol–water partition coefficient (Wildman–Crippen LogP) is 4.51. The Hall–Kier alpha value is -2.07. The fraction of sp³-hybridized carbons (Fsp3) is 0.278. The molecule has 1 fully saturated rings. The maximum atomic E-state index is 12.2. The number of hydrogen-bond donors (Lipinski definition) is 0. The Morgan fingerprint density at radius 3 is 2.68 bits per heavy atom. The van der Waals surface area contributed by atoms with Gasteiger partial charge in [0.15, 0.2) is 0 Å². The molecule has 22 heavy (non-hydrogen) atoms. The van der Waals surface area contributed by atoms with Crippen molar-refractivity contribution in [1.29, 1.82) is 0 Å². The molecule has 0 saturated carbocycles. The van der Waals surface area contributed by atoms with Gasteiger partial charge in [-0.3, -0.25) is 0 Å². The number of anilines is 1. The molecule has 0 aliphatic carbocycles. The minimum absolute atomic E-state index is 0.259. The lowest BCUT2D eigenvalue weighted by Crippen LogP contribution is -2.29. The second-order valence-electron chi connectivity index (χ2n) is 5.69. The Morgan fingerprint density at radius 1 is 1.05 bits per heavy atom. The van der Waals surface area contributed by atoms with Gasteiger partial charge in [0.25, 0.3) is 0 Å². The van der Waals surface area contributed by atoms with Gasteiger partial charge in [0.05, 0.1) is 5.56 Å².